The molecule has 1 amide bonds. The number of carbonyl (C=O) groups excluding carboxylic acids is 1. The van der Waals surface area contributed by atoms with E-state index in [-0.39, 0.29) is 6.09 Å². The lowest BCUT2D eigenvalue weighted by atomic mass is 10.3. The van der Waals surface area contributed by atoms with Crippen LogP contribution in [0.1, 0.15) is 6.92 Å². The minimum atomic E-state index is -0.373. The van der Waals surface area contributed by atoms with Gasteiger partial charge in [-0.2, -0.15) is 0 Å². The zero-order valence-corrected chi connectivity index (χ0v) is 8.49. The van der Waals surface area contributed by atoms with E-state index in [2.05, 4.69) is 10.1 Å². The summed E-state index contributed by atoms with van der Waals surface area (Å²) in [6, 6.07) is 9.49. The van der Waals surface area contributed by atoms with Crippen molar-refractivity contribution in [1.82, 2.24) is 5.32 Å². The molecule has 1 aromatic rings. The molecule has 0 spiro atoms. The van der Waals surface area contributed by atoms with Gasteiger partial charge in [0, 0.05) is 12.7 Å². The van der Waals surface area contributed by atoms with E-state index in [1.807, 2.05) is 30.3 Å². The fourth-order valence-electron chi connectivity index (χ4n) is 0.656. The molecule has 0 aliphatic rings. The number of para-hydroxylation sites is 1. The highest BCUT2D eigenvalue weighted by atomic mass is 16.5. The van der Waals surface area contributed by atoms with Crippen LogP contribution in [0.4, 0.5) is 10.5 Å². The number of carbonyl (C=O) groups is 1. The average Bonchev–Trinajstić information content (AvgIpc) is 2.20. The molecule has 0 aliphatic heterocycles. The summed E-state index contributed by atoms with van der Waals surface area (Å²) in [5.74, 6) is 0. The number of hydrogen-bond acceptors (Lipinski definition) is 3. The van der Waals surface area contributed by atoms with Crippen LogP contribution in [0.15, 0.2) is 30.3 Å². The summed E-state index contributed by atoms with van der Waals surface area (Å²) in [5, 5.41) is 2.30. The highest BCUT2D eigenvalue weighted by Gasteiger charge is 1.89. The van der Waals surface area contributed by atoms with Crippen molar-refractivity contribution in [2.24, 2.45) is 0 Å². The van der Waals surface area contributed by atoms with Crippen molar-refractivity contribution in [2.75, 3.05) is 19.4 Å². The van der Waals surface area contributed by atoms with Gasteiger partial charge in [0.25, 0.3) is 0 Å². The van der Waals surface area contributed by atoms with E-state index in [9.17, 15) is 4.79 Å². The molecule has 0 fully saturated rings. The maximum atomic E-state index is 10.1. The molecular weight excluding hydrogens is 180 g/mol. The van der Waals surface area contributed by atoms with E-state index in [0.717, 1.165) is 5.69 Å². The Hall–Kier alpha value is -1.71. The third kappa shape index (κ3) is 6.97. The van der Waals surface area contributed by atoms with Crippen LogP contribution in [0.25, 0.3) is 0 Å². The predicted molar refractivity (Wildman–Crippen MR) is 56.9 cm³/mol. The van der Waals surface area contributed by atoms with Crippen LogP contribution >= 0.6 is 0 Å². The standard InChI is InChI=1S/C6H7N.C4H9NO2/c7-6-4-2-1-3-5-6;1-3-7-4(6)5-2/h1-5H,7H2;3H2,1-2H3,(H,5,6). The van der Waals surface area contributed by atoms with Gasteiger partial charge in [0.2, 0.25) is 0 Å². The van der Waals surface area contributed by atoms with Crippen LogP contribution in [0, 0.1) is 0 Å². The van der Waals surface area contributed by atoms with Gasteiger partial charge in [0.05, 0.1) is 6.61 Å². The Labute approximate surface area is 84.1 Å². The van der Waals surface area contributed by atoms with Crippen molar-refractivity contribution in [1.29, 1.82) is 0 Å². The fourth-order valence-corrected chi connectivity index (χ4v) is 0.656. The third-order valence-electron chi connectivity index (χ3n) is 1.28. The quantitative estimate of drug-likeness (QED) is 0.671. The van der Waals surface area contributed by atoms with Crippen LogP contribution < -0.4 is 11.1 Å². The monoisotopic (exact) mass is 196 g/mol. The highest BCUT2D eigenvalue weighted by molar-refractivity contribution is 5.66. The maximum absolute atomic E-state index is 10.1. The Bertz CT molecular complexity index is 250. The second-order valence-corrected chi connectivity index (χ2v) is 2.38. The fraction of sp³-hybridized carbons (Fsp3) is 0.300. The van der Waals surface area contributed by atoms with Crippen molar-refractivity contribution in [3.05, 3.63) is 30.3 Å². The van der Waals surface area contributed by atoms with Crippen LogP contribution in [-0.4, -0.2) is 19.7 Å². The van der Waals surface area contributed by atoms with Gasteiger partial charge >= 0.3 is 6.09 Å². The molecule has 0 unspecified atom stereocenters. The Kier molecular flexibility index (Phi) is 6.95. The zero-order valence-electron chi connectivity index (χ0n) is 8.49. The first-order valence-corrected chi connectivity index (χ1v) is 4.35. The first kappa shape index (κ1) is 12.3. The SMILES string of the molecule is CCOC(=O)NC.Nc1ccccc1. The summed E-state index contributed by atoms with van der Waals surface area (Å²) >= 11 is 0. The largest absolute Gasteiger partial charge is 0.450 e. The van der Waals surface area contributed by atoms with Gasteiger partial charge in [-0.05, 0) is 19.1 Å². The number of hydrogen-bond donors (Lipinski definition) is 2. The number of rotatable bonds is 1. The normalized spacial score (nSPS) is 8.14. The molecule has 0 saturated heterocycles. The van der Waals surface area contributed by atoms with Gasteiger partial charge < -0.3 is 15.8 Å². The number of nitrogens with one attached hydrogen (secondary N) is 1. The average molecular weight is 196 g/mol. The predicted octanol–water partition coefficient (Wildman–Crippen LogP) is 1.63. The second-order valence-electron chi connectivity index (χ2n) is 2.38. The number of alkyl carbamates (subject to hydrolysis) is 1. The Morgan fingerprint density at radius 1 is 1.43 bits per heavy atom. The zero-order chi connectivity index (χ0) is 10.8. The number of nitrogens with two attached hydrogens (primary N) is 1. The van der Waals surface area contributed by atoms with Gasteiger partial charge in [0.1, 0.15) is 0 Å². The van der Waals surface area contributed by atoms with Crippen molar-refractivity contribution in [3.63, 3.8) is 0 Å². The van der Waals surface area contributed by atoms with E-state index in [1.54, 1.807) is 6.92 Å². The molecule has 0 aromatic heterocycles. The highest BCUT2D eigenvalue weighted by Crippen LogP contribution is 1.95. The molecule has 78 valence electrons. The Morgan fingerprint density at radius 3 is 2.21 bits per heavy atom. The Morgan fingerprint density at radius 2 is 2.00 bits per heavy atom. The number of benzene rings is 1. The van der Waals surface area contributed by atoms with E-state index in [4.69, 9.17) is 5.73 Å². The summed E-state index contributed by atoms with van der Waals surface area (Å²) in [6.07, 6.45) is -0.373. The summed E-state index contributed by atoms with van der Waals surface area (Å²) < 4.78 is 4.44. The number of anilines is 1. The molecule has 1 aromatic carbocycles. The lowest BCUT2D eigenvalue weighted by Crippen LogP contribution is -2.18. The minimum absolute atomic E-state index is 0.373. The molecule has 0 atom stereocenters. The first-order chi connectivity index (χ1) is 6.70. The van der Waals surface area contributed by atoms with Crippen LogP contribution in [-0.2, 0) is 4.74 Å². The summed E-state index contributed by atoms with van der Waals surface area (Å²) in [4.78, 5) is 10.1. The smallest absolute Gasteiger partial charge is 0.406 e. The third-order valence-corrected chi connectivity index (χ3v) is 1.28. The lowest BCUT2D eigenvalue weighted by Gasteiger charge is -1.95. The minimum Gasteiger partial charge on any atom is -0.450 e. The molecule has 0 bridgehead atoms. The van der Waals surface area contributed by atoms with Crippen molar-refractivity contribution in [2.45, 2.75) is 6.92 Å². The Balaban J connectivity index is 0.000000241. The summed E-state index contributed by atoms with van der Waals surface area (Å²) in [6.45, 7) is 2.19. The number of nitrogen functional groups attached to an aromatic ring is 1. The summed E-state index contributed by atoms with van der Waals surface area (Å²) in [5.41, 5.74) is 6.18. The molecule has 4 nitrogen and oxygen atoms in total. The van der Waals surface area contributed by atoms with Crippen LogP contribution in [0.5, 0.6) is 0 Å². The number of amides is 1. The lowest BCUT2D eigenvalue weighted by molar-refractivity contribution is 0.154. The molecule has 4 heteroatoms. The molecule has 3 N–H and O–H groups in total. The van der Waals surface area contributed by atoms with Gasteiger partial charge in [-0.25, -0.2) is 4.79 Å². The van der Waals surface area contributed by atoms with Crippen molar-refractivity contribution in [3.8, 4) is 0 Å². The van der Waals surface area contributed by atoms with E-state index in [1.165, 1.54) is 7.05 Å². The maximum Gasteiger partial charge on any atom is 0.406 e. The molecule has 1 rings (SSSR count). The van der Waals surface area contributed by atoms with E-state index < -0.39 is 0 Å². The molecular formula is C10H16N2O2. The molecule has 0 heterocycles. The second kappa shape index (κ2) is 7.91. The van der Waals surface area contributed by atoms with Crippen molar-refractivity contribution >= 4 is 11.8 Å². The molecule has 0 aliphatic carbocycles. The van der Waals surface area contributed by atoms with Gasteiger partial charge in [0.15, 0.2) is 0 Å². The van der Waals surface area contributed by atoms with Gasteiger partial charge in [-0.1, -0.05) is 18.2 Å². The van der Waals surface area contributed by atoms with E-state index in [0.29, 0.717) is 6.61 Å². The van der Waals surface area contributed by atoms with Gasteiger partial charge in [-0.15, -0.1) is 0 Å². The van der Waals surface area contributed by atoms with Gasteiger partial charge in [-0.3, -0.25) is 0 Å². The van der Waals surface area contributed by atoms with Crippen LogP contribution in [0.3, 0.4) is 0 Å². The van der Waals surface area contributed by atoms with Crippen molar-refractivity contribution < 1.29 is 9.53 Å². The molecule has 0 saturated carbocycles. The first-order valence-electron chi connectivity index (χ1n) is 4.35. The molecule has 0 radical (unpaired) electrons. The topological polar surface area (TPSA) is 64.3 Å². The molecule has 14 heavy (non-hydrogen) atoms. The summed E-state index contributed by atoms with van der Waals surface area (Å²) in [7, 11) is 1.53. The number of ether oxygens (including phenoxy) is 1. The van der Waals surface area contributed by atoms with Crippen LogP contribution in [0.2, 0.25) is 0 Å². The van der Waals surface area contributed by atoms with E-state index >= 15 is 0 Å².